The molecule has 4 heteroatoms. The lowest BCUT2D eigenvalue weighted by Crippen LogP contribution is -2.15. The number of phenols is 1. The average Bonchev–Trinajstić information content (AvgIpc) is 2.44. The summed E-state index contributed by atoms with van der Waals surface area (Å²) in [6, 6.07) is 12.4. The average molecular weight is 285 g/mol. The number of amides is 1. The first-order valence-electron chi connectivity index (χ1n) is 6.89. The third-order valence-corrected chi connectivity index (χ3v) is 3.08. The van der Waals surface area contributed by atoms with Crippen molar-refractivity contribution in [3.05, 3.63) is 53.6 Å². The van der Waals surface area contributed by atoms with Gasteiger partial charge in [-0.15, -0.1) is 0 Å². The molecule has 4 nitrogen and oxygen atoms in total. The maximum absolute atomic E-state index is 12.0. The molecule has 0 unspecified atom stereocenters. The Balaban J connectivity index is 1.98. The van der Waals surface area contributed by atoms with Gasteiger partial charge < -0.3 is 15.2 Å². The van der Waals surface area contributed by atoms with Gasteiger partial charge in [-0.1, -0.05) is 12.1 Å². The molecule has 110 valence electrons. The third-order valence-electron chi connectivity index (χ3n) is 3.08. The van der Waals surface area contributed by atoms with Crippen molar-refractivity contribution in [3.8, 4) is 11.5 Å². The second-order valence-electron chi connectivity index (χ2n) is 4.80. The fourth-order valence-corrected chi connectivity index (χ4v) is 2.04. The SMILES string of the molecule is CCOc1ccc(CC(=O)Nc2ccc(O)cc2C)cc1. The summed E-state index contributed by atoms with van der Waals surface area (Å²) >= 11 is 0. The van der Waals surface area contributed by atoms with Gasteiger partial charge in [0.15, 0.2) is 0 Å². The normalized spacial score (nSPS) is 10.2. The maximum atomic E-state index is 12.0. The first kappa shape index (κ1) is 14.9. The van der Waals surface area contributed by atoms with Gasteiger partial charge in [0, 0.05) is 5.69 Å². The standard InChI is InChI=1S/C17H19NO3/c1-3-21-15-7-4-13(5-8-15)11-17(20)18-16-9-6-14(19)10-12(16)2/h4-10,19H,3,11H2,1-2H3,(H,18,20). The van der Waals surface area contributed by atoms with Crippen LogP contribution in [0.5, 0.6) is 11.5 Å². The summed E-state index contributed by atoms with van der Waals surface area (Å²) in [5.74, 6) is 0.904. The number of hydrogen-bond acceptors (Lipinski definition) is 3. The number of aryl methyl sites for hydroxylation is 1. The van der Waals surface area contributed by atoms with Gasteiger partial charge in [0.25, 0.3) is 0 Å². The third kappa shape index (κ3) is 4.24. The number of phenolic OH excluding ortho intramolecular Hbond substituents is 1. The van der Waals surface area contributed by atoms with Crippen LogP contribution >= 0.6 is 0 Å². The fraction of sp³-hybridized carbons (Fsp3) is 0.235. The smallest absolute Gasteiger partial charge is 0.228 e. The highest BCUT2D eigenvalue weighted by molar-refractivity contribution is 5.93. The van der Waals surface area contributed by atoms with Gasteiger partial charge in [-0.3, -0.25) is 4.79 Å². The van der Waals surface area contributed by atoms with E-state index in [1.54, 1.807) is 18.2 Å². The Morgan fingerprint density at radius 1 is 1.19 bits per heavy atom. The molecular formula is C17H19NO3. The molecule has 0 aliphatic heterocycles. The Labute approximate surface area is 124 Å². The van der Waals surface area contributed by atoms with Crippen LogP contribution in [0.25, 0.3) is 0 Å². The van der Waals surface area contributed by atoms with Gasteiger partial charge in [-0.25, -0.2) is 0 Å². The molecule has 0 saturated carbocycles. The predicted molar refractivity (Wildman–Crippen MR) is 82.8 cm³/mol. The molecule has 0 bridgehead atoms. The zero-order valence-electron chi connectivity index (χ0n) is 12.2. The highest BCUT2D eigenvalue weighted by Crippen LogP contribution is 2.20. The van der Waals surface area contributed by atoms with E-state index in [0.29, 0.717) is 18.7 Å². The van der Waals surface area contributed by atoms with Crippen molar-refractivity contribution in [3.63, 3.8) is 0 Å². The quantitative estimate of drug-likeness (QED) is 0.829. The van der Waals surface area contributed by atoms with Crippen LogP contribution in [0.2, 0.25) is 0 Å². The van der Waals surface area contributed by atoms with E-state index in [2.05, 4.69) is 5.32 Å². The number of nitrogens with one attached hydrogen (secondary N) is 1. The van der Waals surface area contributed by atoms with E-state index < -0.39 is 0 Å². The molecule has 2 rings (SSSR count). The molecule has 0 aromatic heterocycles. The van der Waals surface area contributed by atoms with E-state index in [9.17, 15) is 9.90 Å². The highest BCUT2D eigenvalue weighted by atomic mass is 16.5. The number of aromatic hydroxyl groups is 1. The second kappa shape index (κ2) is 6.79. The predicted octanol–water partition coefficient (Wildman–Crippen LogP) is 3.28. The fourth-order valence-electron chi connectivity index (χ4n) is 2.04. The molecule has 21 heavy (non-hydrogen) atoms. The van der Waals surface area contributed by atoms with Crippen molar-refractivity contribution in [1.29, 1.82) is 0 Å². The number of anilines is 1. The highest BCUT2D eigenvalue weighted by Gasteiger charge is 2.07. The molecule has 0 heterocycles. The van der Waals surface area contributed by atoms with Crippen LogP contribution in [0.3, 0.4) is 0 Å². The van der Waals surface area contributed by atoms with E-state index in [0.717, 1.165) is 16.9 Å². The summed E-state index contributed by atoms with van der Waals surface area (Å²) in [6.45, 7) is 4.40. The van der Waals surface area contributed by atoms with Crippen LogP contribution in [0.15, 0.2) is 42.5 Å². The molecule has 0 atom stereocenters. The number of carbonyl (C=O) groups excluding carboxylic acids is 1. The monoisotopic (exact) mass is 285 g/mol. The molecule has 0 saturated heterocycles. The van der Waals surface area contributed by atoms with Crippen molar-refractivity contribution in [2.75, 3.05) is 11.9 Å². The van der Waals surface area contributed by atoms with Crippen LogP contribution in [0, 0.1) is 6.92 Å². The van der Waals surface area contributed by atoms with Crippen molar-refractivity contribution in [2.45, 2.75) is 20.3 Å². The van der Waals surface area contributed by atoms with E-state index in [1.165, 1.54) is 0 Å². The molecule has 0 spiro atoms. The van der Waals surface area contributed by atoms with Crippen molar-refractivity contribution >= 4 is 11.6 Å². The Morgan fingerprint density at radius 2 is 1.90 bits per heavy atom. The van der Waals surface area contributed by atoms with Gasteiger partial charge in [0.1, 0.15) is 11.5 Å². The number of carbonyl (C=O) groups is 1. The minimum absolute atomic E-state index is 0.0899. The lowest BCUT2D eigenvalue weighted by Gasteiger charge is -2.09. The summed E-state index contributed by atoms with van der Waals surface area (Å²) in [4.78, 5) is 12.0. The molecule has 0 aliphatic rings. The molecule has 2 aromatic rings. The summed E-state index contributed by atoms with van der Waals surface area (Å²) in [5.41, 5.74) is 2.46. The van der Waals surface area contributed by atoms with E-state index >= 15 is 0 Å². The summed E-state index contributed by atoms with van der Waals surface area (Å²) in [7, 11) is 0. The number of rotatable bonds is 5. The summed E-state index contributed by atoms with van der Waals surface area (Å²) < 4.78 is 5.36. The Hall–Kier alpha value is -2.49. The minimum Gasteiger partial charge on any atom is -0.508 e. The van der Waals surface area contributed by atoms with Gasteiger partial charge in [0.05, 0.1) is 13.0 Å². The number of ether oxygens (including phenoxy) is 1. The molecule has 0 aliphatic carbocycles. The Bertz CT molecular complexity index is 620. The Kier molecular flexibility index (Phi) is 4.82. The van der Waals surface area contributed by atoms with Crippen molar-refractivity contribution in [1.82, 2.24) is 0 Å². The van der Waals surface area contributed by atoms with Gasteiger partial charge in [-0.2, -0.15) is 0 Å². The zero-order chi connectivity index (χ0) is 15.2. The van der Waals surface area contributed by atoms with Gasteiger partial charge >= 0.3 is 0 Å². The lowest BCUT2D eigenvalue weighted by molar-refractivity contribution is -0.115. The van der Waals surface area contributed by atoms with Gasteiger partial charge in [0.2, 0.25) is 5.91 Å². The molecule has 1 amide bonds. The van der Waals surface area contributed by atoms with Crippen LogP contribution in [0.4, 0.5) is 5.69 Å². The molecule has 2 N–H and O–H groups in total. The van der Waals surface area contributed by atoms with E-state index in [-0.39, 0.29) is 11.7 Å². The van der Waals surface area contributed by atoms with Crippen LogP contribution in [-0.2, 0) is 11.2 Å². The minimum atomic E-state index is -0.0899. The first-order valence-corrected chi connectivity index (χ1v) is 6.89. The van der Waals surface area contributed by atoms with Gasteiger partial charge in [-0.05, 0) is 55.3 Å². The van der Waals surface area contributed by atoms with Crippen molar-refractivity contribution in [2.24, 2.45) is 0 Å². The van der Waals surface area contributed by atoms with E-state index in [1.807, 2.05) is 38.1 Å². The lowest BCUT2D eigenvalue weighted by atomic mass is 10.1. The zero-order valence-corrected chi connectivity index (χ0v) is 12.2. The van der Waals surface area contributed by atoms with Crippen molar-refractivity contribution < 1.29 is 14.6 Å². The number of hydrogen-bond donors (Lipinski definition) is 2. The Morgan fingerprint density at radius 3 is 2.52 bits per heavy atom. The molecule has 0 radical (unpaired) electrons. The second-order valence-corrected chi connectivity index (χ2v) is 4.80. The number of benzene rings is 2. The molecular weight excluding hydrogens is 266 g/mol. The maximum Gasteiger partial charge on any atom is 0.228 e. The largest absolute Gasteiger partial charge is 0.508 e. The van der Waals surface area contributed by atoms with E-state index in [4.69, 9.17) is 4.74 Å². The molecule has 2 aromatic carbocycles. The summed E-state index contributed by atoms with van der Waals surface area (Å²) in [6.07, 6.45) is 0.298. The molecule has 0 fully saturated rings. The van der Waals surface area contributed by atoms with Crippen LogP contribution < -0.4 is 10.1 Å². The summed E-state index contributed by atoms with van der Waals surface area (Å²) in [5, 5.41) is 12.2. The van der Waals surface area contributed by atoms with Crippen LogP contribution in [-0.4, -0.2) is 17.6 Å². The first-order chi connectivity index (χ1) is 10.1. The topological polar surface area (TPSA) is 58.6 Å². The van der Waals surface area contributed by atoms with Crippen LogP contribution in [0.1, 0.15) is 18.1 Å².